The summed E-state index contributed by atoms with van der Waals surface area (Å²) in [5.41, 5.74) is -0.543. The molecule has 0 saturated heterocycles. The van der Waals surface area contributed by atoms with Crippen LogP contribution in [0.4, 0.5) is 13.2 Å². The number of ether oxygens (including phenoxy) is 1. The maximum absolute atomic E-state index is 12.5. The average Bonchev–Trinajstić information content (AvgIpc) is 2.37. The summed E-state index contributed by atoms with van der Waals surface area (Å²) in [6.45, 7) is 0.873. The van der Waals surface area contributed by atoms with Crippen molar-refractivity contribution >= 4 is 11.9 Å². The number of rotatable bonds is 5. The Kier molecular flexibility index (Phi) is 5.19. The van der Waals surface area contributed by atoms with Crippen LogP contribution in [-0.4, -0.2) is 46.7 Å². The first-order valence-corrected chi connectivity index (χ1v) is 5.62. The van der Waals surface area contributed by atoms with E-state index in [1.165, 1.54) is 6.92 Å². The second-order valence-electron chi connectivity index (χ2n) is 3.99. The summed E-state index contributed by atoms with van der Waals surface area (Å²) in [6.07, 6.45) is -6.09. The molecular weight excluding hydrogens is 295 g/mol. The summed E-state index contributed by atoms with van der Waals surface area (Å²) in [7, 11) is 1.13. The average molecular weight is 307 g/mol. The molecule has 1 rings (SSSR count). The molecule has 2 N–H and O–H groups in total. The molecule has 0 radical (unpaired) electrons. The number of amides is 1. The lowest BCUT2D eigenvalue weighted by Gasteiger charge is -2.12. The van der Waals surface area contributed by atoms with Crippen molar-refractivity contribution in [2.75, 3.05) is 13.7 Å². The molecule has 0 fully saturated rings. The number of alkyl halides is 3. The molecule has 1 amide bonds. The van der Waals surface area contributed by atoms with E-state index in [4.69, 9.17) is 5.11 Å². The summed E-state index contributed by atoms with van der Waals surface area (Å²) in [5, 5.41) is 10.8. The van der Waals surface area contributed by atoms with Gasteiger partial charge in [0.2, 0.25) is 5.82 Å². The standard InChI is InChI=1S/C11H12F3N3O4/c1-5-3-6(17-10(16-5)11(12,13)14)8(18)15-4-7(21-2)9(19)20/h3,7H,4H2,1-2H3,(H,15,18)(H,19,20). The maximum atomic E-state index is 12.5. The smallest absolute Gasteiger partial charge is 0.451 e. The van der Waals surface area contributed by atoms with Crippen LogP contribution in [0.5, 0.6) is 0 Å². The lowest BCUT2D eigenvalue weighted by molar-refractivity contribution is -0.148. The van der Waals surface area contributed by atoms with E-state index in [2.05, 4.69) is 20.0 Å². The fraction of sp³-hybridized carbons (Fsp3) is 0.455. The number of carboxylic acid groups (broad SMARTS) is 1. The summed E-state index contributed by atoms with van der Waals surface area (Å²) < 4.78 is 42.2. The largest absolute Gasteiger partial charge is 0.479 e. The fourth-order valence-corrected chi connectivity index (χ4v) is 1.36. The Bertz CT molecular complexity index is 548. The van der Waals surface area contributed by atoms with E-state index >= 15 is 0 Å². The fourth-order valence-electron chi connectivity index (χ4n) is 1.36. The van der Waals surface area contributed by atoms with E-state index in [0.717, 1.165) is 13.2 Å². The van der Waals surface area contributed by atoms with Crippen LogP contribution in [-0.2, 0) is 15.7 Å². The first-order valence-electron chi connectivity index (χ1n) is 5.62. The number of hydrogen-bond acceptors (Lipinski definition) is 5. The number of carboxylic acids is 1. The second kappa shape index (κ2) is 6.48. The molecular formula is C11H12F3N3O4. The predicted molar refractivity (Wildman–Crippen MR) is 62.5 cm³/mol. The highest BCUT2D eigenvalue weighted by Crippen LogP contribution is 2.26. The molecule has 21 heavy (non-hydrogen) atoms. The number of aliphatic carboxylic acids is 1. The maximum Gasteiger partial charge on any atom is 0.451 e. The zero-order chi connectivity index (χ0) is 16.2. The molecule has 0 spiro atoms. The molecule has 0 aliphatic heterocycles. The third kappa shape index (κ3) is 4.67. The third-order valence-electron chi connectivity index (χ3n) is 2.35. The van der Waals surface area contributed by atoms with E-state index in [9.17, 15) is 22.8 Å². The Balaban J connectivity index is 2.88. The van der Waals surface area contributed by atoms with E-state index < -0.39 is 42.2 Å². The number of halogens is 3. The van der Waals surface area contributed by atoms with Crippen LogP contribution in [0, 0.1) is 6.92 Å². The first kappa shape index (κ1) is 16.8. The molecule has 0 aliphatic carbocycles. The van der Waals surface area contributed by atoms with E-state index in [1.54, 1.807) is 0 Å². The molecule has 0 saturated carbocycles. The van der Waals surface area contributed by atoms with Crippen LogP contribution in [0.25, 0.3) is 0 Å². The summed E-state index contributed by atoms with van der Waals surface area (Å²) in [5.74, 6) is -3.70. The third-order valence-corrected chi connectivity index (χ3v) is 2.35. The molecule has 1 aromatic rings. The van der Waals surface area contributed by atoms with Gasteiger partial charge in [-0.25, -0.2) is 14.8 Å². The van der Waals surface area contributed by atoms with Gasteiger partial charge in [0, 0.05) is 12.8 Å². The van der Waals surface area contributed by atoms with Gasteiger partial charge in [-0.2, -0.15) is 13.2 Å². The monoisotopic (exact) mass is 307 g/mol. The molecule has 1 heterocycles. The zero-order valence-corrected chi connectivity index (χ0v) is 11.1. The van der Waals surface area contributed by atoms with Gasteiger partial charge in [0.05, 0.1) is 6.54 Å². The number of hydrogen-bond donors (Lipinski definition) is 2. The minimum absolute atomic E-state index is 0.0380. The van der Waals surface area contributed by atoms with Gasteiger partial charge in [-0.3, -0.25) is 4.79 Å². The van der Waals surface area contributed by atoms with Crippen LogP contribution in [0.1, 0.15) is 22.0 Å². The topological polar surface area (TPSA) is 101 Å². The van der Waals surface area contributed by atoms with E-state index in [1.807, 2.05) is 0 Å². The minimum atomic E-state index is -4.78. The van der Waals surface area contributed by atoms with Crippen molar-refractivity contribution in [2.45, 2.75) is 19.2 Å². The zero-order valence-electron chi connectivity index (χ0n) is 11.1. The number of carbonyl (C=O) groups excluding carboxylic acids is 1. The molecule has 7 nitrogen and oxygen atoms in total. The summed E-state index contributed by atoms with van der Waals surface area (Å²) >= 11 is 0. The SMILES string of the molecule is COC(CNC(=O)c1cc(C)nc(C(F)(F)F)n1)C(=O)O. The molecule has 0 bridgehead atoms. The molecule has 1 atom stereocenters. The van der Waals surface area contributed by atoms with Crippen LogP contribution in [0.15, 0.2) is 6.07 Å². The Morgan fingerprint density at radius 2 is 2.05 bits per heavy atom. The second-order valence-corrected chi connectivity index (χ2v) is 3.99. The lowest BCUT2D eigenvalue weighted by Crippen LogP contribution is -2.38. The number of carbonyl (C=O) groups is 2. The van der Waals surface area contributed by atoms with Crippen molar-refractivity contribution in [1.29, 1.82) is 0 Å². The molecule has 0 aliphatic rings. The van der Waals surface area contributed by atoms with E-state index in [-0.39, 0.29) is 5.69 Å². The Morgan fingerprint density at radius 3 is 2.52 bits per heavy atom. The van der Waals surface area contributed by atoms with Gasteiger partial charge in [-0.1, -0.05) is 0 Å². The number of nitrogens with zero attached hydrogens (tertiary/aromatic N) is 2. The Morgan fingerprint density at radius 1 is 1.43 bits per heavy atom. The number of nitrogens with one attached hydrogen (secondary N) is 1. The lowest BCUT2D eigenvalue weighted by atomic mass is 10.3. The highest BCUT2D eigenvalue weighted by molar-refractivity contribution is 5.92. The van der Waals surface area contributed by atoms with Crippen molar-refractivity contribution in [3.8, 4) is 0 Å². The molecule has 0 aromatic carbocycles. The van der Waals surface area contributed by atoms with Crippen LogP contribution < -0.4 is 5.32 Å². The van der Waals surface area contributed by atoms with Gasteiger partial charge in [0.25, 0.3) is 5.91 Å². The highest BCUT2D eigenvalue weighted by atomic mass is 19.4. The van der Waals surface area contributed by atoms with Gasteiger partial charge in [0.1, 0.15) is 5.69 Å². The van der Waals surface area contributed by atoms with Gasteiger partial charge >= 0.3 is 12.1 Å². The molecule has 1 aromatic heterocycles. The van der Waals surface area contributed by atoms with Crippen molar-refractivity contribution in [2.24, 2.45) is 0 Å². The van der Waals surface area contributed by atoms with Crippen molar-refractivity contribution < 1.29 is 32.6 Å². The number of methoxy groups -OCH3 is 1. The highest BCUT2D eigenvalue weighted by Gasteiger charge is 2.35. The van der Waals surface area contributed by atoms with Crippen molar-refractivity contribution in [3.63, 3.8) is 0 Å². The quantitative estimate of drug-likeness (QED) is 0.827. The number of aromatic nitrogens is 2. The summed E-state index contributed by atoms with van der Waals surface area (Å²) in [6, 6.07) is 1.06. The van der Waals surface area contributed by atoms with Gasteiger partial charge in [0.15, 0.2) is 6.10 Å². The molecule has 116 valence electrons. The van der Waals surface area contributed by atoms with Crippen LogP contribution in [0.3, 0.4) is 0 Å². The molecule has 1 unspecified atom stereocenters. The van der Waals surface area contributed by atoms with Gasteiger partial charge in [-0.15, -0.1) is 0 Å². The Labute approximate surface area is 117 Å². The molecule has 10 heteroatoms. The van der Waals surface area contributed by atoms with Crippen molar-refractivity contribution in [1.82, 2.24) is 15.3 Å². The minimum Gasteiger partial charge on any atom is -0.479 e. The van der Waals surface area contributed by atoms with Crippen molar-refractivity contribution in [3.05, 3.63) is 23.3 Å². The van der Waals surface area contributed by atoms with Crippen LogP contribution in [0.2, 0.25) is 0 Å². The Hall–Kier alpha value is -2.23. The summed E-state index contributed by atoms with van der Waals surface area (Å²) in [4.78, 5) is 28.7. The normalized spacial score (nSPS) is 12.8. The first-order chi connectivity index (χ1) is 9.65. The predicted octanol–water partition coefficient (Wildman–Crippen LogP) is 0.633. The number of aryl methyl sites for hydroxylation is 1. The van der Waals surface area contributed by atoms with Crippen LogP contribution >= 0.6 is 0 Å². The van der Waals surface area contributed by atoms with Gasteiger partial charge < -0.3 is 15.2 Å². The van der Waals surface area contributed by atoms with E-state index in [0.29, 0.717) is 0 Å². The van der Waals surface area contributed by atoms with Gasteiger partial charge in [-0.05, 0) is 13.0 Å².